The Labute approximate surface area is 160 Å². The van der Waals surface area contributed by atoms with E-state index >= 15 is 0 Å². The molecule has 28 heavy (non-hydrogen) atoms. The molecule has 1 saturated carbocycles. The van der Waals surface area contributed by atoms with Crippen molar-refractivity contribution in [1.82, 2.24) is 5.32 Å². The molecule has 2 rings (SSSR count). The van der Waals surface area contributed by atoms with Crippen LogP contribution in [0.25, 0.3) is 0 Å². The van der Waals surface area contributed by atoms with Crippen molar-refractivity contribution in [2.75, 3.05) is 6.54 Å². The Hall–Kier alpha value is -1.29. The van der Waals surface area contributed by atoms with Crippen molar-refractivity contribution < 1.29 is 34.8 Å². The summed E-state index contributed by atoms with van der Waals surface area (Å²) < 4.78 is 101. The molecule has 0 amide bonds. The summed E-state index contributed by atoms with van der Waals surface area (Å²) in [5.41, 5.74) is -1.05. The molecule has 1 aromatic carbocycles. The first-order valence-electron chi connectivity index (χ1n) is 8.86. The van der Waals surface area contributed by atoms with Crippen LogP contribution in [0.15, 0.2) is 29.2 Å². The van der Waals surface area contributed by atoms with E-state index in [2.05, 4.69) is 5.32 Å². The van der Waals surface area contributed by atoms with Crippen LogP contribution in [-0.4, -0.2) is 31.9 Å². The lowest BCUT2D eigenvalue weighted by molar-refractivity contribution is -0.182. The van der Waals surface area contributed by atoms with Crippen molar-refractivity contribution in [3.63, 3.8) is 0 Å². The summed E-state index contributed by atoms with van der Waals surface area (Å²) in [5.74, 6) is -1.34. The number of benzene rings is 1. The van der Waals surface area contributed by atoms with Crippen LogP contribution >= 0.6 is 0 Å². The first-order valence-corrected chi connectivity index (χ1v) is 10.3. The fourth-order valence-corrected chi connectivity index (χ4v) is 4.72. The summed E-state index contributed by atoms with van der Waals surface area (Å²) in [6.45, 7) is 2.70. The standard InChI is InChI=1S/C18H23F6NO2S/c1-16(2,11-25-14-8-6-12(7-9-14)17(19,20)21)28(26,27)15-5-3-4-13(10-15)18(22,23)24/h3-5,10,12,14,25H,6-9,11H2,1-2H3/t12-,14-. The third kappa shape index (κ3) is 5.20. The molecule has 10 heteroatoms. The van der Waals surface area contributed by atoms with Gasteiger partial charge >= 0.3 is 12.4 Å². The van der Waals surface area contributed by atoms with Gasteiger partial charge in [-0.2, -0.15) is 26.3 Å². The third-order valence-electron chi connectivity index (χ3n) is 5.21. The number of rotatable bonds is 5. The summed E-state index contributed by atoms with van der Waals surface area (Å²) >= 11 is 0. The first-order chi connectivity index (χ1) is 12.6. The van der Waals surface area contributed by atoms with Crippen LogP contribution in [0.3, 0.4) is 0 Å². The van der Waals surface area contributed by atoms with Crippen LogP contribution in [-0.2, 0) is 16.0 Å². The van der Waals surface area contributed by atoms with Gasteiger partial charge in [-0.1, -0.05) is 6.07 Å². The van der Waals surface area contributed by atoms with Crippen LogP contribution in [0.5, 0.6) is 0 Å². The fourth-order valence-electron chi connectivity index (χ4n) is 3.27. The number of hydrogen-bond donors (Lipinski definition) is 1. The molecule has 1 N–H and O–H groups in total. The van der Waals surface area contributed by atoms with Gasteiger partial charge < -0.3 is 5.32 Å². The molecule has 0 aliphatic heterocycles. The smallest absolute Gasteiger partial charge is 0.312 e. The van der Waals surface area contributed by atoms with Gasteiger partial charge in [-0.15, -0.1) is 0 Å². The highest BCUT2D eigenvalue weighted by Crippen LogP contribution is 2.38. The number of alkyl halides is 6. The second-order valence-corrected chi connectivity index (χ2v) is 10.3. The van der Waals surface area contributed by atoms with Crippen LogP contribution < -0.4 is 5.32 Å². The zero-order valence-electron chi connectivity index (χ0n) is 15.5. The number of nitrogens with one attached hydrogen (secondary N) is 1. The maximum Gasteiger partial charge on any atom is 0.416 e. The zero-order chi connectivity index (χ0) is 21.4. The molecule has 0 aromatic heterocycles. The van der Waals surface area contributed by atoms with Crippen LogP contribution in [0, 0.1) is 5.92 Å². The summed E-state index contributed by atoms with van der Waals surface area (Å²) in [5, 5.41) is 2.99. The SMILES string of the molecule is CC(C)(CN[C@H]1CC[C@H](C(F)(F)F)CC1)S(=O)(=O)c1cccc(C(F)(F)F)c1. The Kier molecular flexibility index (Phi) is 6.45. The lowest BCUT2D eigenvalue weighted by atomic mass is 9.85. The van der Waals surface area contributed by atoms with Crippen molar-refractivity contribution in [2.45, 2.75) is 67.6 Å². The molecule has 1 fully saturated rings. The summed E-state index contributed by atoms with van der Waals surface area (Å²) in [6, 6.07) is 3.29. The maximum absolute atomic E-state index is 12.9. The average molecular weight is 431 g/mol. The molecule has 0 spiro atoms. The minimum Gasteiger partial charge on any atom is -0.312 e. The third-order valence-corrected chi connectivity index (χ3v) is 7.68. The molecular formula is C18H23F6NO2S. The molecule has 3 nitrogen and oxygen atoms in total. The van der Waals surface area contributed by atoms with Gasteiger partial charge in [-0.3, -0.25) is 0 Å². The molecule has 0 saturated heterocycles. The van der Waals surface area contributed by atoms with Gasteiger partial charge in [0.25, 0.3) is 0 Å². The normalized spacial score (nSPS) is 22.3. The molecular weight excluding hydrogens is 408 g/mol. The van der Waals surface area contributed by atoms with E-state index in [1.807, 2.05) is 0 Å². The van der Waals surface area contributed by atoms with E-state index < -0.39 is 43.3 Å². The Morgan fingerprint density at radius 3 is 2.07 bits per heavy atom. The van der Waals surface area contributed by atoms with Gasteiger partial charge in [0, 0.05) is 12.6 Å². The number of halogens is 6. The Morgan fingerprint density at radius 2 is 1.57 bits per heavy atom. The number of sulfone groups is 1. The Bertz CT molecular complexity index is 778. The van der Waals surface area contributed by atoms with Crippen molar-refractivity contribution >= 4 is 9.84 Å². The minimum absolute atomic E-state index is 0.0258. The predicted molar refractivity (Wildman–Crippen MR) is 92.5 cm³/mol. The maximum atomic E-state index is 12.9. The van der Waals surface area contributed by atoms with Crippen molar-refractivity contribution in [1.29, 1.82) is 0 Å². The lowest BCUT2D eigenvalue weighted by Crippen LogP contribution is -2.47. The van der Waals surface area contributed by atoms with E-state index in [1.54, 1.807) is 0 Å². The van der Waals surface area contributed by atoms with Crippen LogP contribution in [0.2, 0.25) is 0 Å². The second kappa shape index (κ2) is 7.85. The highest BCUT2D eigenvalue weighted by molar-refractivity contribution is 7.92. The van der Waals surface area contributed by atoms with Gasteiger partial charge in [0.05, 0.1) is 21.1 Å². The van der Waals surface area contributed by atoms with Gasteiger partial charge in [0.1, 0.15) is 0 Å². The second-order valence-electron chi connectivity index (χ2n) is 7.76. The quantitative estimate of drug-likeness (QED) is 0.670. The van der Waals surface area contributed by atoms with Gasteiger partial charge in [0.2, 0.25) is 0 Å². The van der Waals surface area contributed by atoms with E-state index in [9.17, 15) is 34.8 Å². The summed E-state index contributed by atoms with van der Waals surface area (Å²) in [4.78, 5) is -0.435. The van der Waals surface area contributed by atoms with Crippen molar-refractivity contribution in [2.24, 2.45) is 5.92 Å². The molecule has 1 aliphatic rings. The van der Waals surface area contributed by atoms with Gasteiger partial charge in [0.15, 0.2) is 9.84 Å². The molecule has 0 unspecified atom stereocenters. The van der Waals surface area contributed by atoms with E-state index in [1.165, 1.54) is 13.8 Å². The highest BCUT2D eigenvalue weighted by atomic mass is 32.2. The van der Waals surface area contributed by atoms with Gasteiger partial charge in [-0.05, 0) is 57.7 Å². The van der Waals surface area contributed by atoms with Crippen LogP contribution in [0.1, 0.15) is 45.1 Å². The van der Waals surface area contributed by atoms with E-state index in [-0.39, 0.29) is 38.3 Å². The molecule has 0 bridgehead atoms. The number of hydrogen-bond acceptors (Lipinski definition) is 3. The highest BCUT2D eigenvalue weighted by Gasteiger charge is 2.42. The topological polar surface area (TPSA) is 46.2 Å². The Balaban J connectivity index is 2.06. The van der Waals surface area contributed by atoms with Crippen molar-refractivity contribution in [3.8, 4) is 0 Å². The molecule has 1 aliphatic carbocycles. The molecule has 1 aromatic rings. The minimum atomic E-state index is -4.66. The fraction of sp³-hybridized carbons (Fsp3) is 0.667. The average Bonchev–Trinajstić information content (AvgIpc) is 2.59. The summed E-state index contributed by atoms with van der Waals surface area (Å²) in [7, 11) is -4.10. The largest absolute Gasteiger partial charge is 0.416 e. The molecule has 160 valence electrons. The van der Waals surface area contributed by atoms with Crippen LogP contribution in [0.4, 0.5) is 26.3 Å². The molecule has 0 heterocycles. The monoisotopic (exact) mass is 431 g/mol. The molecule has 0 atom stereocenters. The van der Waals surface area contributed by atoms with E-state index in [4.69, 9.17) is 0 Å². The summed E-state index contributed by atoms with van der Waals surface area (Å²) in [6.07, 6.45) is -8.40. The van der Waals surface area contributed by atoms with E-state index in [0.29, 0.717) is 6.07 Å². The lowest BCUT2D eigenvalue weighted by Gasteiger charge is -2.33. The first kappa shape index (κ1) is 23.0. The predicted octanol–water partition coefficient (Wildman–Crippen LogP) is 4.97. The Morgan fingerprint density at radius 1 is 1.00 bits per heavy atom. The van der Waals surface area contributed by atoms with Crippen molar-refractivity contribution in [3.05, 3.63) is 29.8 Å². The van der Waals surface area contributed by atoms with Gasteiger partial charge in [-0.25, -0.2) is 8.42 Å². The zero-order valence-corrected chi connectivity index (χ0v) is 16.3. The van der Waals surface area contributed by atoms with E-state index in [0.717, 1.165) is 18.2 Å². The molecule has 0 radical (unpaired) electrons.